The molecule has 0 N–H and O–H groups in total. The fraction of sp³-hybridized carbons (Fsp3) is 0.379. The molecule has 31 heavy (non-hydrogen) atoms. The highest BCUT2D eigenvalue weighted by Gasteiger charge is 2.25. The number of benzene rings is 2. The highest BCUT2D eigenvalue weighted by molar-refractivity contribution is 6.83. The largest absolute Gasteiger partial charge is 0.281 e. The van der Waals surface area contributed by atoms with E-state index in [1.165, 1.54) is 17.5 Å². The van der Waals surface area contributed by atoms with Crippen LogP contribution in [0.1, 0.15) is 37.8 Å². The van der Waals surface area contributed by atoms with Gasteiger partial charge < -0.3 is 0 Å². The van der Waals surface area contributed by atoms with Crippen molar-refractivity contribution in [1.82, 2.24) is 4.90 Å². The van der Waals surface area contributed by atoms with Crippen LogP contribution in [0.15, 0.2) is 73.8 Å². The molecular formula is C29H39NSi. The van der Waals surface area contributed by atoms with Gasteiger partial charge in [-0.3, -0.25) is 4.90 Å². The molecule has 2 rings (SSSR count). The zero-order valence-electron chi connectivity index (χ0n) is 20.1. The minimum absolute atomic E-state index is 0.188. The van der Waals surface area contributed by atoms with E-state index in [0.717, 1.165) is 30.7 Å². The molecule has 0 aliphatic rings. The summed E-state index contributed by atoms with van der Waals surface area (Å²) in [5.41, 5.74) is 8.30. The molecule has 1 unspecified atom stereocenters. The molecule has 0 saturated heterocycles. The Kier molecular flexibility index (Phi) is 9.56. The van der Waals surface area contributed by atoms with Crippen molar-refractivity contribution in [2.24, 2.45) is 5.92 Å². The van der Waals surface area contributed by atoms with Crippen LogP contribution in [0.25, 0.3) is 11.1 Å². The Labute approximate surface area is 191 Å². The third-order valence-corrected chi connectivity index (χ3v) is 6.32. The minimum atomic E-state index is -1.48. The molecule has 1 nitrogen and oxygen atoms in total. The third-order valence-electron chi connectivity index (χ3n) is 5.42. The van der Waals surface area contributed by atoms with Gasteiger partial charge >= 0.3 is 0 Å². The lowest BCUT2D eigenvalue weighted by Crippen LogP contribution is -2.41. The van der Waals surface area contributed by atoms with Gasteiger partial charge in [0, 0.05) is 13.1 Å². The maximum Gasteiger partial charge on any atom is 0.129 e. The number of nitrogens with zero attached hydrogens (tertiary/aromatic N) is 1. The average Bonchev–Trinajstić information content (AvgIpc) is 2.74. The van der Waals surface area contributed by atoms with Crippen molar-refractivity contribution in [3.8, 4) is 11.5 Å². The lowest BCUT2D eigenvalue weighted by Gasteiger charge is -2.34. The average molecular weight is 430 g/mol. The first-order valence-electron chi connectivity index (χ1n) is 11.4. The van der Waals surface area contributed by atoms with Gasteiger partial charge in [0.25, 0.3) is 0 Å². The normalized spacial score (nSPS) is 13.2. The van der Waals surface area contributed by atoms with E-state index in [9.17, 15) is 0 Å². The number of rotatable bonds is 10. The minimum Gasteiger partial charge on any atom is -0.281 e. The molecule has 0 bridgehead atoms. The van der Waals surface area contributed by atoms with E-state index in [-0.39, 0.29) is 6.04 Å². The summed E-state index contributed by atoms with van der Waals surface area (Å²) < 4.78 is 0. The van der Waals surface area contributed by atoms with E-state index >= 15 is 0 Å². The molecule has 2 heteroatoms. The Morgan fingerprint density at radius 3 is 1.71 bits per heavy atom. The van der Waals surface area contributed by atoms with E-state index in [1.807, 2.05) is 0 Å². The molecule has 0 spiro atoms. The monoisotopic (exact) mass is 429 g/mol. The third kappa shape index (κ3) is 8.36. The first-order valence-corrected chi connectivity index (χ1v) is 14.9. The van der Waals surface area contributed by atoms with Crippen molar-refractivity contribution >= 4 is 19.2 Å². The summed E-state index contributed by atoms with van der Waals surface area (Å²) in [5.74, 6) is 4.20. The van der Waals surface area contributed by atoms with Crippen LogP contribution in [0.3, 0.4) is 0 Å². The molecule has 0 fully saturated rings. The standard InChI is InChI=1S/C29H39NSi/c1-8-15-24(2)29(20-21-31(5,6)7)30(22-25(3)27-16-11-9-12-17-27)23-26(4)28-18-13-10-14-19-28/h9-14,16-19,24,29H,3-4,8,15,22-23H2,1-2,5-7H3/t24?,29-/m0/s1. The van der Waals surface area contributed by atoms with Crippen LogP contribution >= 0.6 is 0 Å². The Morgan fingerprint density at radius 1 is 0.871 bits per heavy atom. The molecule has 2 aromatic rings. The molecule has 2 atom stereocenters. The lowest BCUT2D eigenvalue weighted by atomic mass is 9.94. The first kappa shape index (κ1) is 24.9. The summed E-state index contributed by atoms with van der Waals surface area (Å²) in [6.45, 7) is 22.0. The summed E-state index contributed by atoms with van der Waals surface area (Å²) in [7, 11) is -1.48. The van der Waals surface area contributed by atoms with Crippen molar-refractivity contribution in [2.75, 3.05) is 13.1 Å². The molecule has 0 heterocycles. The lowest BCUT2D eigenvalue weighted by molar-refractivity contribution is 0.227. The Morgan fingerprint density at radius 2 is 1.32 bits per heavy atom. The fourth-order valence-electron chi connectivity index (χ4n) is 3.77. The zero-order chi connectivity index (χ0) is 22.9. The fourth-order valence-corrected chi connectivity index (χ4v) is 4.35. The maximum atomic E-state index is 4.43. The second-order valence-corrected chi connectivity index (χ2v) is 14.3. The number of hydrogen-bond acceptors (Lipinski definition) is 1. The SMILES string of the molecule is C=C(CN(CC(=C)c1ccccc1)[C@@H](C#C[Si](C)(C)C)C(C)CCC)c1ccccc1. The van der Waals surface area contributed by atoms with Crippen LogP contribution in [0, 0.1) is 17.4 Å². The van der Waals surface area contributed by atoms with Gasteiger partial charge in [-0.1, -0.05) is 120 Å². The van der Waals surface area contributed by atoms with Crippen molar-refractivity contribution in [3.63, 3.8) is 0 Å². The van der Waals surface area contributed by atoms with E-state index in [2.05, 4.69) is 124 Å². The predicted molar refractivity (Wildman–Crippen MR) is 142 cm³/mol. The summed E-state index contributed by atoms with van der Waals surface area (Å²) >= 11 is 0. The van der Waals surface area contributed by atoms with E-state index in [4.69, 9.17) is 0 Å². The van der Waals surface area contributed by atoms with E-state index in [1.54, 1.807) is 0 Å². The molecule has 2 aromatic carbocycles. The van der Waals surface area contributed by atoms with Crippen LogP contribution < -0.4 is 0 Å². The number of hydrogen-bond donors (Lipinski definition) is 0. The maximum absolute atomic E-state index is 4.43. The van der Waals surface area contributed by atoms with Gasteiger partial charge in [0.15, 0.2) is 0 Å². The second kappa shape index (κ2) is 11.9. The summed E-state index contributed by atoms with van der Waals surface area (Å²) in [6.07, 6.45) is 2.33. The topological polar surface area (TPSA) is 3.24 Å². The van der Waals surface area contributed by atoms with Crippen LogP contribution in [0.2, 0.25) is 19.6 Å². The van der Waals surface area contributed by atoms with Crippen molar-refractivity contribution in [3.05, 3.63) is 84.9 Å². The highest BCUT2D eigenvalue weighted by Crippen LogP contribution is 2.24. The smallest absolute Gasteiger partial charge is 0.129 e. The Hall–Kier alpha value is -2.34. The van der Waals surface area contributed by atoms with Crippen LogP contribution in [0.4, 0.5) is 0 Å². The van der Waals surface area contributed by atoms with Crippen molar-refractivity contribution in [2.45, 2.75) is 52.4 Å². The van der Waals surface area contributed by atoms with Gasteiger partial charge in [-0.15, -0.1) is 5.54 Å². The molecule has 0 amide bonds. The first-order chi connectivity index (χ1) is 14.7. The quantitative estimate of drug-likeness (QED) is 0.281. The van der Waals surface area contributed by atoms with Gasteiger partial charge in [0.2, 0.25) is 0 Å². The van der Waals surface area contributed by atoms with Crippen molar-refractivity contribution in [1.29, 1.82) is 0 Å². The second-order valence-electron chi connectivity index (χ2n) is 9.57. The van der Waals surface area contributed by atoms with E-state index < -0.39 is 8.07 Å². The van der Waals surface area contributed by atoms with Crippen LogP contribution in [-0.2, 0) is 0 Å². The van der Waals surface area contributed by atoms with Gasteiger partial charge in [-0.25, -0.2) is 0 Å². The van der Waals surface area contributed by atoms with Crippen LogP contribution in [0.5, 0.6) is 0 Å². The van der Waals surface area contributed by atoms with Crippen LogP contribution in [-0.4, -0.2) is 32.1 Å². The molecule has 0 saturated carbocycles. The van der Waals surface area contributed by atoms with Gasteiger partial charge in [0.05, 0.1) is 6.04 Å². The van der Waals surface area contributed by atoms with Gasteiger partial charge in [-0.2, -0.15) is 0 Å². The van der Waals surface area contributed by atoms with Gasteiger partial charge in [-0.05, 0) is 34.6 Å². The van der Waals surface area contributed by atoms with E-state index in [0.29, 0.717) is 5.92 Å². The summed E-state index contributed by atoms with van der Waals surface area (Å²) in [5, 5.41) is 0. The summed E-state index contributed by atoms with van der Waals surface area (Å²) in [6, 6.07) is 21.2. The van der Waals surface area contributed by atoms with Crippen molar-refractivity contribution < 1.29 is 0 Å². The molecule has 0 radical (unpaired) electrons. The Balaban J connectivity index is 2.38. The molecule has 0 aliphatic carbocycles. The molecule has 0 aliphatic heterocycles. The predicted octanol–water partition coefficient (Wildman–Crippen LogP) is 7.40. The Bertz CT molecular complexity index is 843. The molecule has 0 aromatic heterocycles. The molecule has 164 valence electrons. The highest BCUT2D eigenvalue weighted by atomic mass is 28.3. The summed E-state index contributed by atoms with van der Waals surface area (Å²) in [4.78, 5) is 2.50. The molecular weight excluding hydrogens is 390 g/mol. The zero-order valence-corrected chi connectivity index (χ0v) is 21.1. The van der Waals surface area contributed by atoms with Gasteiger partial charge in [0.1, 0.15) is 8.07 Å².